The minimum absolute atomic E-state index is 0.681. The smallest absolute Gasteiger partial charge is 0.0492 e. The van der Waals surface area contributed by atoms with E-state index in [-0.39, 0.29) is 0 Å². The van der Waals surface area contributed by atoms with E-state index in [9.17, 15) is 0 Å². The van der Waals surface area contributed by atoms with Crippen LogP contribution in [0.25, 0.3) is 0 Å². The van der Waals surface area contributed by atoms with Gasteiger partial charge in [0.05, 0.1) is 0 Å². The van der Waals surface area contributed by atoms with Crippen molar-refractivity contribution in [1.29, 1.82) is 0 Å². The van der Waals surface area contributed by atoms with Crippen LogP contribution in [0.15, 0.2) is 12.3 Å². The van der Waals surface area contributed by atoms with Gasteiger partial charge in [0.1, 0.15) is 0 Å². The molecule has 0 saturated heterocycles. The zero-order valence-electron chi connectivity index (χ0n) is 12.6. The summed E-state index contributed by atoms with van der Waals surface area (Å²) in [5, 5.41) is 7.90. The van der Waals surface area contributed by atoms with Crippen molar-refractivity contribution in [3.8, 4) is 0 Å². The van der Waals surface area contributed by atoms with Crippen molar-refractivity contribution in [2.45, 2.75) is 64.3 Å². The number of nitrogens with one attached hydrogen (secondary N) is 1. The number of aromatic nitrogens is 2. The molecule has 3 nitrogen and oxygen atoms in total. The third kappa shape index (κ3) is 4.64. The molecular weight excluding hydrogens is 234 g/mol. The predicted molar refractivity (Wildman–Crippen MR) is 80.2 cm³/mol. The van der Waals surface area contributed by atoms with Crippen LogP contribution >= 0.6 is 0 Å². The van der Waals surface area contributed by atoms with Crippen LogP contribution in [0.3, 0.4) is 0 Å². The molecule has 1 heterocycles. The lowest BCUT2D eigenvalue weighted by Gasteiger charge is -2.19. The van der Waals surface area contributed by atoms with Crippen molar-refractivity contribution in [2.24, 2.45) is 13.0 Å². The third-order valence-electron chi connectivity index (χ3n) is 4.56. The van der Waals surface area contributed by atoms with E-state index in [0.29, 0.717) is 6.04 Å². The molecule has 1 saturated carbocycles. The summed E-state index contributed by atoms with van der Waals surface area (Å²) in [6.45, 7) is 3.30. The summed E-state index contributed by atoms with van der Waals surface area (Å²) >= 11 is 0. The second kappa shape index (κ2) is 7.68. The molecule has 2 rings (SSSR count). The average Bonchev–Trinajstić information content (AvgIpc) is 3.04. The maximum absolute atomic E-state index is 4.25. The number of nitrogens with zero attached hydrogens (tertiary/aromatic N) is 2. The molecule has 1 N–H and O–H groups in total. The Bertz CT molecular complexity index is 353. The number of hydrogen-bond acceptors (Lipinski definition) is 2. The highest BCUT2D eigenvalue weighted by atomic mass is 15.2. The molecule has 1 fully saturated rings. The van der Waals surface area contributed by atoms with Gasteiger partial charge in [-0.05, 0) is 44.2 Å². The quantitative estimate of drug-likeness (QED) is 0.780. The van der Waals surface area contributed by atoms with E-state index in [1.165, 1.54) is 50.6 Å². The predicted octanol–water partition coefficient (Wildman–Crippen LogP) is 3.30. The van der Waals surface area contributed by atoms with Crippen LogP contribution in [0.1, 0.15) is 57.6 Å². The van der Waals surface area contributed by atoms with E-state index in [2.05, 4.69) is 23.4 Å². The van der Waals surface area contributed by atoms with Gasteiger partial charge in [0.25, 0.3) is 0 Å². The number of rotatable bonds is 8. The molecule has 0 radical (unpaired) electrons. The van der Waals surface area contributed by atoms with Gasteiger partial charge < -0.3 is 5.32 Å². The van der Waals surface area contributed by atoms with Gasteiger partial charge in [-0.15, -0.1) is 0 Å². The van der Waals surface area contributed by atoms with E-state index >= 15 is 0 Å². The van der Waals surface area contributed by atoms with Crippen LogP contribution in [-0.4, -0.2) is 22.4 Å². The highest BCUT2D eigenvalue weighted by Crippen LogP contribution is 2.29. The van der Waals surface area contributed by atoms with Crippen molar-refractivity contribution in [1.82, 2.24) is 15.1 Å². The summed E-state index contributed by atoms with van der Waals surface area (Å²) in [4.78, 5) is 0. The van der Waals surface area contributed by atoms with E-state index in [0.717, 1.165) is 18.9 Å². The summed E-state index contributed by atoms with van der Waals surface area (Å²) < 4.78 is 2.00. The molecule has 3 heteroatoms. The number of aryl methyl sites for hydroxylation is 2. The summed E-state index contributed by atoms with van der Waals surface area (Å²) in [5.41, 5.74) is 1.35. The van der Waals surface area contributed by atoms with Gasteiger partial charge in [-0.1, -0.05) is 32.6 Å². The van der Waals surface area contributed by atoms with E-state index in [1.807, 2.05) is 17.9 Å². The zero-order chi connectivity index (χ0) is 13.5. The van der Waals surface area contributed by atoms with E-state index in [1.54, 1.807) is 0 Å². The second-order valence-electron chi connectivity index (χ2n) is 5.97. The summed E-state index contributed by atoms with van der Waals surface area (Å²) in [6.07, 6.45) is 12.9. The minimum atomic E-state index is 0.681. The lowest BCUT2D eigenvalue weighted by molar-refractivity contribution is 0.392. The summed E-state index contributed by atoms with van der Waals surface area (Å²) in [7, 11) is 2.04. The Morgan fingerprint density at radius 1 is 1.37 bits per heavy atom. The van der Waals surface area contributed by atoms with Gasteiger partial charge in [-0.25, -0.2) is 0 Å². The maximum Gasteiger partial charge on any atom is 0.0492 e. The van der Waals surface area contributed by atoms with Gasteiger partial charge in [0.2, 0.25) is 0 Å². The summed E-state index contributed by atoms with van der Waals surface area (Å²) in [6, 6.07) is 2.82. The molecular formula is C16H29N3. The molecule has 0 aliphatic heterocycles. The van der Waals surface area contributed by atoms with E-state index < -0.39 is 0 Å². The zero-order valence-corrected chi connectivity index (χ0v) is 12.6. The topological polar surface area (TPSA) is 29.9 Å². The van der Waals surface area contributed by atoms with Gasteiger partial charge in [-0.3, -0.25) is 4.68 Å². The molecule has 0 bridgehead atoms. The van der Waals surface area contributed by atoms with Gasteiger partial charge in [-0.2, -0.15) is 5.10 Å². The molecule has 1 aromatic rings. The van der Waals surface area contributed by atoms with Crippen LogP contribution in [0.5, 0.6) is 0 Å². The van der Waals surface area contributed by atoms with Gasteiger partial charge in [0.15, 0.2) is 0 Å². The Morgan fingerprint density at radius 2 is 2.16 bits per heavy atom. The van der Waals surface area contributed by atoms with Crippen LogP contribution in [0, 0.1) is 5.92 Å². The lowest BCUT2D eigenvalue weighted by Crippen LogP contribution is -2.30. The van der Waals surface area contributed by atoms with Crippen LogP contribution < -0.4 is 5.32 Å². The Balaban J connectivity index is 1.73. The molecule has 0 amide bonds. The fraction of sp³-hybridized carbons (Fsp3) is 0.812. The largest absolute Gasteiger partial charge is 0.314 e. The van der Waals surface area contributed by atoms with Gasteiger partial charge in [0, 0.05) is 25.0 Å². The minimum Gasteiger partial charge on any atom is -0.314 e. The standard InChI is InChI=1S/C16H29N3/c1-3-17-15(9-8-14-6-4-5-7-14)10-11-16-12-13-18-19(16)2/h12-15,17H,3-11H2,1-2H3. The second-order valence-corrected chi connectivity index (χ2v) is 5.97. The normalized spacial score (nSPS) is 18.0. The first kappa shape index (κ1) is 14.6. The van der Waals surface area contributed by atoms with E-state index in [4.69, 9.17) is 0 Å². The van der Waals surface area contributed by atoms with Crippen molar-refractivity contribution in [2.75, 3.05) is 6.54 Å². The molecule has 19 heavy (non-hydrogen) atoms. The van der Waals surface area contributed by atoms with Gasteiger partial charge >= 0.3 is 0 Å². The van der Waals surface area contributed by atoms with Crippen molar-refractivity contribution in [3.05, 3.63) is 18.0 Å². The highest BCUT2D eigenvalue weighted by Gasteiger charge is 2.17. The Morgan fingerprint density at radius 3 is 2.79 bits per heavy atom. The summed E-state index contributed by atoms with van der Waals surface area (Å²) in [5.74, 6) is 1.01. The first-order valence-electron chi connectivity index (χ1n) is 8.00. The Labute approximate surface area is 117 Å². The maximum atomic E-state index is 4.25. The molecule has 1 aromatic heterocycles. The van der Waals surface area contributed by atoms with Crippen molar-refractivity contribution >= 4 is 0 Å². The lowest BCUT2D eigenvalue weighted by atomic mass is 9.96. The monoisotopic (exact) mass is 263 g/mol. The molecule has 1 aliphatic carbocycles. The molecule has 1 aliphatic rings. The average molecular weight is 263 g/mol. The molecule has 108 valence electrons. The van der Waals surface area contributed by atoms with Crippen molar-refractivity contribution < 1.29 is 0 Å². The molecule has 0 spiro atoms. The number of hydrogen-bond donors (Lipinski definition) is 1. The fourth-order valence-corrected chi connectivity index (χ4v) is 3.34. The Hall–Kier alpha value is -0.830. The first-order chi connectivity index (χ1) is 9.29. The fourth-order valence-electron chi connectivity index (χ4n) is 3.34. The van der Waals surface area contributed by atoms with Crippen LogP contribution in [0.4, 0.5) is 0 Å². The third-order valence-corrected chi connectivity index (χ3v) is 4.56. The molecule has 1 unspecified atom stereocenters. The Kier molecular flexibility index (Phi) is 5.90. The van der Waals surface area contributed by atoms with Crippen LogP contribution in [0.2, 0.25) is 0 Å². The molecule has 1 atom stereocenters. The highest BCUT2D eigenvalue weighted by molar-refractivity contribution is 5.00. The van der Waals surface area contributed by atoms with Crippen LogP contribution in [-0.2, 0) is 13.5 Å². The first-order valence-corrected chi connectivity index (χ1v) is 8.00. The SMILES string of the molecule is CCNC(CCc1ccnn1C)CCC1CCCC1. The molecule has 0 aromatic carbocycles. The van der Waals surface area contributed by atoms with Crippen molar-refractivity contribution in [3.63, 3.8) is 0 Å².